The van der Waals surface area contributed by atoms with Crippen molar-refractivity contribution in [2.45, 2.75) is 90.9 Å². The van der Waals surface area contributed by atoms with Gasteiger partial charge in [0.2, 0.25) is 0 Å². The molecule has 0 spiro atoms. The largest absolute Gasteiger partial charge is 0.576 e. The van der Waals surface area contributed by atoms with E-state index >= 15 is 8.78 Å². The number of hydrogen-bond donors (Lipinski definition) is 0. The number of benzene rings is 4. The molecule has 0 aliphatic rings. The van der Waals surface area contributed by atoms with E-state index in [-0.39, 0.29) is 11.1 Å². The minimum absolute atomic E-state index is 0.0503. The monoisotopic (exact) mass is 678 g/mol. The summed E-state index contributed by atoms with van der Waals surface area (Å²) in [5.41, 5.74) is 1.04. The van der Waals surface area contributed by atoms with E-state index in [1.807, 2.05) is 0 Å². The molecule has 4 aromatic rings. The van der Waals surface area contributed by atoms with Gasteiger partial charge in [-0.15, -0.1) is 0 Å². The summed E-state index contributed by atoms with van der Waals surface area (Å²) in [6.45, 7) is 5.58. The number of rotatable bonds is 22. The first-order chi connectivity index (χ1) is 23.9. The van der Waals surface area contributed by atoms with Crippen molar-refractivity contribution in [3.63, 3.8) is 0 Å². The van der Waals surface area contributed by atoms with Gasteiger partial charge < -0.3 is 18.8 Å². The maximum atomic E-state index is 15.0. The third-order valence-corrected chi connectivity index (χ3v) is 8.39. The SMILES string of the molecule is CCCCCCCCOc1ccc(-c2ccc(OBOc3ccc(-c4ccc(OCCCCCCCC)cc4)c(F)c3F)c(F)c2F)cc1. The molecular formula is C40H47BF4O4. The number of unbranched alkanes of at least 4 members (excludes halogenated alkanes) is 10. The Morgan fingerprint density at radius 3 is 1.18 bits per heavy atom. The molecule has 0 unspecified atom stereocenters. The highest BCUT2D eigenvalue weighted by Gasteiger charge is 2.19. The first kappa shape index (κ1) is 37.7. The summed E-state index contributed by atoms with van der Waals surface area (Å²) in [5, 5.41) is 0. The van der Waals surface area contributed by atoms with Crippen molar-refractivity contribution >= 4 is 7.69 Å². The zero-order valence-electron chi connectivity index (χ0n) is 28.7. The lowest BCUT2D eigenvalue weighted by molar-refractivity contribution is 0.304. The van der Waals surface area contributed by atoms with Crippen LogP contribution in [-0.2, 0) is 0 Å². The van der Waals surface area contributed by atoms with Crippen molar-refractivity contribution in [3.05, 3.63) is 96.1 Å². The molecule has 0 N–H and O–H groups in total. The van der Waals surface area contributed by atoms with Crippen molar-refractivity contribution in [2.24, 2.45) is 0 Å². The number of halogens is 4. The zero-order valence-corrected chi connectivity index (χ0v) is 28.7. The van der Waals surface area contributed by atoms with Gasteiger partial charge in [0, 0.05) is 11.1 Å². The van der Waals surface area contributed by atoms with Gasteiger partial charge in [0.25, 0.3) is 0 Å². The molecular weight excluding hydrogens is 631 g/mol. The van der Waals surface area contributed by atoms with E-state index < -0.39 is 42.5 Å². The Hall–Kier alpha value is -4.14. The highest BCUT2D eigenvalue weighted by atomic mass is 19.2. The molecule has 0 saturated carbocycles. The summed E-state index contributed by atoms with van der Waals surface area (Å²) in [6, 6.07) is 18.9. The molecule has 4 nitrogen and oxygen atoms in total. The van der Waals surface area contributed by atoms with E-state index in [1.54, 1.807) is 48.5 Å². The van der Waals surface area contributed by atoms with Crippen LogP contribution in [0.15, 0.2) is 72.8 Å². The highest BCUT2D eigenvalue weighted by molar-refractivity contribution is 6.20. The van der Waals surface area contributed by atoms with Crippen LogP contribution in [0.25, 0.3) is 22.3 Å². The fourth-order valence-electron chi connectivity index (χ4n) is 5.50. The molecule has 0 aliphatic carbocycles. The maximum absolute atomic E-state index is 15.0. The minimum Gasteiger partial charge on any atom is -0.526 e. The Kier molecular flexibility index (Phi) is 15.7. The molecule has 0 atom stereocenters. The van der Waals surface area contributed by atoms with Gasteiger partial charge >= 0.3 is 7.69 Å². The van der Waals surface area contributed by atoms with Gasteiger partial charge in [-0.1, -0.05) is 102 Å². The van der Waals surface area contributed by atoms with E-state index in [2.05, 4.69) is 13.8 Å². The second-order valence-electron chi connectivity index (χ2n) is 12.2. The zero-order chi connectivity index (χ0) is 34.8. The predicted octanol–water partition coefficient (Wildman–Crippen LogP) is 11.8. The van der Waals surface area contributed by atoms with Crippen LogP contribution in [-0.4, -0.2) is 20.9 Å². The summed E-state index contributed by atoms with van der Waals surface area (Å²) in [7, 11) is -0.666. The Labute approximate surface area is 289 Å². The quantitative estimate of drug-likeness (QED) is 0.0471. The first-order valence-corrected chi connectivity index (χ1v) is 17.6. The third-order valence-electron chi connectivity index (χ3n) is 8.39. The molecule has 0 saturated heterocycles. The van der Waals surface area contributed by atoms with E-state index in [1.165, 1.54) is 75.6 Å². The molecule has 0 radical (unpaired) electrons. The lowest BCUT2D eigenvalue weighted by Gasteiger charge is -2.13. The molecule has 0 fully saturated rings. The molecule has 262 valence electrons. The number of ether oxygens (including phenoxy) is 2. The van der Waals surface area contributed by atoms with Crippen LogP contribution in [0.4, 0.5) is 17.6 Å². The van der Waals surface area contributed by atoms with Crippen LogP contribution in [0.5, 0.6) is 23.0 Å². The normalized spacial score (nSPS) is 11.0. The van der Waals surface area contributed by atoms with Crippen molar-refractivity contribution in [1.82, 2.24) is 0 Å². The highest BCUT2D eigenvalue weighted by Crippen LogP contribution is 2.33. The standard InChI is InChI=1S/C40H47BF4O4/c1-3-5-7-9-11-13-27-46-31-19-15-29(16-20-31)33-23-25-35(39(44)37(33)42)48-41-49-36-26-24-34(38(43)40(36)45)30-17-21-32(22-18-30)47-28-14-12-10-8-6-4-2/h15-26,41H,3-14,27-28H2,1-2H3. The van der Waals surface area contributed by atoms with Gasteiger partial charge in [0.05, 0.1) is 13.2 Å². The van der Waals surface area contributed by atoms with Gasteiger partial charge in [-0.2, -0.15) is 8.78 Å². The van der Waals surface area contributed by atoms with Crippen molar-refractivity contribution in [2.75, 3.05) is 13.2 Å². The van der Waals surface area contributed by atoms with Crippen LogP contribution in [0.3, 0.4) is 0 Å². The average molecular weight is 679 g/mol. The summed E-state index contributed by atoms with van der Waals surface area (Å²) in [6.07, 6.45) is 14.0. The fourth-order valence-corrected chi connectivity index (χ4v) is 5.50. The molecule has 0 heterocycles. The Bertz CT molecular complexity index is 1450. The van der Waals surface area contributed by atoms with Gasteiger partial charge in [0.1, 0.15) is 23.0 Å². The van der Waals surface area contributed by atoms with Crippen molar-refractivity contribution in [3.8, 4) is 45.3 Å². The fraction of sp³-hybridized carbons (Fsp3) is 0.400. The molecule has 4 rings (SSSR count). The van der Waals surface area contributed by atoms with Gasteiger partial charge in [-0.25, -0.2) is 8.78 Å². The maximum Gasteiger partial charge on any atom is 0.576 e. The van der Waals surface area contributed by atoms with E-state index in [4.69, 9.17) is 18.8 Å². The third kappa shape index (κ3) is 11.5. The van der Waals surface area contributed by atoms with Crippen molar-refractivity contribution in [1.29, 1.82) is 0 Å². The van der Waals surface area contributed by atoms with E-state index in [0.29, 0.717) is 35.8 Å². The second kappa shape index (κ2) is 20.4. The number of hydrogen-bond acceptors (Lipinski definition) is 4. The Morgan fingerprint density at radius 2 is 0.796 bits per heavy atom. The summed E-state index contributed by atoms with van der Waals surface area (Å²) in [4.78, 5) is 0. The lowest BCUT2D eigenvalue weighted by atomic mass is 10.0. The van der Waals surface area contributed by atoms with Gasteiger partial charge in [0.15, 0.2) is 23.3 Å². The van der Waals surface area contributed by atoms with Crippen LogP contribution >= 0.6 is 0 Å². The van der Waals surface area contributed by atoms with E-state index in [0.717, 1.165) is 25.7 Å². The summed E-state index contributed by atoms with van der Waals surface area (Å²) >= 11 is 0. The molecule has 0 bridgehead atoms. The molecule has 4 aromatic carbocycles. The molecule has 0 amide bonds. The topological polar surface area (TPSA) is 36.9 Å². The average Bonchev–Trinajstić information content (AvgIpc) is 3.12. The summed E-state index contributed by atoms with van der Waals surface area (Å²) < 4.78 is 81.9. The predicted molar refractivity (Wildman–Crippen MR) is 190 cm³/mol. The van der Waals surface area contributed by atoms with Crippen molar-refractivity contribution < 1.29 is 36.3 Å². The smallest absolute Gasteiger partial charge is 0.526 e. The molecule has 0 aliphatic heterocycles. The Balaban J connectivity index is 1.26. The minimum atomic E-state index is -1.22. The lowest BCUT2D eigenvalue weighted by Crippen LogP contribution is -2.13. The summed E-state index contributed by atoms with van der Waals surface area (Å²) in [5.74, 6) is -4.15. The van der Waals surface area contributed by atoms with Gasteiger partial charge in [-0.05, 0) is 72.5 Å². The first-order valence-electron chi connectivity index (χ1n) is 17.6. The molecule has 9 heteroatoms. The van der Waals surface area contributed by atoms with Crippen LogP contribution < -0.4 is 18.8 Å². The Morgan fingerprint density at radius 1 is 0.429 bits per heavy atom. The van der Waals surface area contributed by atoms with E-state index in [9.17, 15) is 8.78 Å². The second-order valence-corrected chi connectivity index (χ2v) is 12.2. The van der Waals surface area contributed by atoms with Gasteiger partial charge in [-0.3, -0.25) is 0 Å². The van der Waals surface area contributed by atoms with Crippen LogP contribution in [0, 0.1) is 23.3 Å². The molecule has 49 heavy (non-hydrogen) atoms. The molecule has 0 aromatic heterocycles. The van der Waals surface area contributed by atoms with Crippen LogP contribution in [0.1, 0.15) is 90.9 Å². The van der Waals surface area contributed by atoms with Crippen LogP contribution in [0.2, 0.25) is 0 Å².